The molecule has 0 aliphatic carbocycles. The van der Waals surface area contributed by atoms with Gasteiger partial charge in [0.15, 0.2) is 0 Å². The van der Waals surface area contributed by atoms with E-state index in [-0.39, 0.29) is 17.0 Å². The summed E-state index contributed by atoms with van der Waals surface area (Å²) in [5.41, 5.74) is 6.07. The lowest BCUT2D eigenvalue weighted by atomic mass is 10.2. The lowest BCUT2D eigenvalue weighted by Gasteiger charge is -2.16. The zero-order valence-corrected chi connectivity index (χ0v) is 11.7. The van der Waals surface area contributed by atoms with Crippen molar-refractivity contribution >= 4 is 15.7 Å². The van der Waals surface area contributed by atoms with E-state index in [4.69, 9.17) is 15.2 Å². The molecule has 0 amide bonds. The first-order chi connectivity index (χ1) is 8.94. The van der Waals surface area contributed by atoms with E-state index in [0.29, 0.717) is 24.5 Å². The van der Waals surface area contributed by atoms with Gasteiger partial charge < -0.3 is 15.2 Å². The van der Waals surface area contributed by atoms with Crippen molar-refractivity contribution in [3.63, 3.8) is 0 Å². The molecule has 3 N–H and O–H groups in total. The average Bonchev–Trinajstić information content (AvgIpc) is 2.74. The second-order valence-corrected chi connectivity index (χ2v) is 6.21. The first-order valence-electron chi connectivity index (χ1n) is 6.01. The highest BCUT2D eigenvalue weighted by Gasteiger charge is 2.29. The second kappa shape index (κ2) is 5.36. The molecule has 0 radical (unpaired) electrons. The number of ether oxygens (including phenoxy) is 2. The van der Waals surface area contributed by atoms with E-state index in [0.717, 1.165) is 0 Å². The van der Waals surface area contributed by atoms with Crippen molar-refractivity contribution in [1.82, 2.24) is 4.72 Å². The van der Waals surface area contributed by atoms with Crippen LogP contribution < -0.4 is 15.2 Å². The molecule has 2 atom stereocenters. The smallest absolute Gasteiger partial charge is 0.241 e. The van der Waals surface area contributed by atoms with E-state index >= 15 is 0 Å². The van der Waals surface area contributed by atoms with Gasteiger partial charge in [-0.3, -0.25) is 0 Å². The fourth-order valence-corrected chi connectivity index (χ4v) is 3.37. The normalized spacial score (nSPS) is 23.5. The van der Waals surface area contributed by atoms with Gasteiger partial charge in [0.05, 0.1) is 29.8 Å². The Kier molecular flexibility index (Phi) is 3.98. The molecule has 19 heavy (non-hydrogen) atoms. The fourth-order valence-electron chi connectivity index (χ4n) is 2.01. The van der Waals surface area contributed by atoms with Gasteiger partial charge in [-0.15, -0.1) is 0 Å². The molecule has 1 heterocycles. The summed E-state index contributed by atoms with van der Waals surface area (Å²) in [5.74, 6) is 0.346. The number of nitrogen functional groups attached to an aromatic ring is 1. The van der Waals surface area contributed by atoms with Gasteiger partial charge in [-0.25, -0.2) is 13.1 Å². The third kappa shape index (κ3) is 2.99. The van der Waals surface area contributed by atoms with Crippen LogP contribution in [-0.2, 0) is 14.8 Å². The van der Waals surface area contributed by atoms with E-state index in [2.05, 4.69) is 4.72 Å². The summed E-state index contributed by atoms with van der Waals surface area (Å²) < 4.78 is 37.5. The number of hydrogen-bond donors (Lipinski definition) is 2. The van der Waals surface area contributed by atoms with Gasteiger partial charge in [0, 0.05) is 12.7 Å². The van der Waals surface area contributed by atoms with Crippen molar-refractivity contribution in [3.8, 4) is 5.75 Å². The lowest BCUT2D eigenvalue weighted by Crippen LogP contribution is -2.39. The minimum atomic E-state index is -3.59. The number of sulfonamides is 1. The Labute approximate surface area is 112 Å². The quantitative estimate of drug-likeness (QED) is 0.796. The van der Waals surface area contributed by atoms with Crippen molar-refractivity contribution in [2.75, 3.05) is 19.5 Å². The highest BCUT2D eigenvalue weighted by Crippen LogP contribution is 2.25. The number of hydrogen-bond acceptors (Lipinski definition) is 5. The highest BCUT2D eigenvalue weighted by molar-refractivity contribution is 7.89. The van der Waals surface area contributed by atoms with Gasteiger partial charge >= 0.3 is 0 Å². The molecule has 2 unspecified atom stereocenters. The van der Waals surface area contributed by atoms with Gasteiger partial charge in [-0.05, 0) is 25.5 Å². The van der Waals surface area contributed by atoms with Crippen LogP contribution in [-0.4, -0.2) is 34.3 Å². The summed E-state index contributed by atoms with van der Waals surface area (Å²) >= 11 is 0. The van der Waals surface area contributed by atoms with Crippen LogP contribution in [0, 0.1) is 0 Å². The molecule has 0 aromatic heterocycles. The van der Waals surface area contributed by atoms with Crippen LogP contribution in [0.5, 0.6) is 5.75 Å². The Morgan fingerprint density at radius 3 is 2.79 bits per heavy atom. The monoisotopic (exact) mass is 286 g/mol. The molecule has 1 saturated heterocycles. The fraction of sp³-hybridized carbons (Fsp3) is 0.500. The van der Waals surface area contributed by atoms with Gasteiger partial charge in [-0.1, -0.05) is 0 Å². The summed E-state index contributed by atoms with van der Waals surface area (Å²) in [4.78, 5) is 0.137. The third-order valence-electron chi connectivity index (χ3n) is 3.20. The SMILES string of the molecule is COc1cc(S(=O)(=O)NC2CCOC2C)ccc1N. The molecule has 6 nitrogen and oxygen atoms in total. The lowest BCUT2D eigenvalue weighted by molar-refractivity contribution is 0.117. The average molecular weight is 286 g/mol. The van der Waals surface area contributed by atoms with E-state index in [9.17, 15) is 8.42 Å². The molecule has 7 heteroatoms. The zero-order valence-electron chi connectivity index (χ0n) is 10.9. The van der Waals surface area contributed by atoms with Crippen LogP contribution in [0.3, 0.4) is 0 Å². The van der Waals surface area contributed by atoms with Crippen LogP contribution in [0.15, 0.2) is 23.1 Å². The van der Waals surface area contributed by atoms with Crippen LogP contribution in [0.4, 0.5) is 5.69 Å². The first-order valence-corrected chi connectivity index (χ1v) is 7.50. The number of nitrogens with one attached hydrogen (secondary N) is 1. The molecule has 0 bridgehead atoms. The molecule has 1 aromatic rings. The summed E-state index contributed by atoms with van der Waals surface area (Å²) in [7, 11) is -2.14. The molecular weight excluding hydrogens is 268 g/mol. The van der Waals surface area contributed by atoms with Crippen molar-refractivity contribution < 1.29 is 17.9 Å². The predicted molar refractivity (Wildman–Crippen MR) is 71.5 cm³/mol. The van der Waals surface area contributed by atoms with Crippen LogP contribution in [0.25, 0.3) is 0 Å². The Bertz CT molecular complexity index is 559. The van der Waals surface area contributed by atoms with Crippen LogP contribution in [0.2, 0.25) is 0 Å². The maximum absolute atomic E-state index is 12.3. The van der Waals surface area contributed by atoms with E-state index < -0.39 is 10.0 Å². The van der Waals surface area contributed by atoms with Gasteiger partial charge in [0.25, 0.3) is 0 Å². The highest BCUT2D eigenvalue weighted by atomic mass is 32.2. The number of benzene rings is 1. The van der Waals surface area contributed by atoms with E-state index in [1.165, 1.54) is 25.3 Å². The molecule has 0 saturated carbocycles. The minimum absolute atomic E-state index is 0.120. The maximum Gasteiger partial charge on any atom is 0.241 e. The number of methoxy groups -OCH3 is 1. The van der Waals surface area contributed by atoms with Gasteiger partial charge in [0.1, 0.15) is 5.75 Å². The molecular formula is C12H18N2O4S. The second-order valence-electron chi connectivity index (χ2n) is 4.50. The molecule has 106 valence electrons. The topological polar surface area (TPSA) is 90.7 Å². The number of nitrogens with two attached hydrogens (primary N) is 1. The summed E-state index contributed by atoms with van der Waals surface area (Å²) in [6.45, 7) is 2.42. The Hall–Kier alpha value is -1.31. The maximum atomic E-state index is 12.3. The first kappa shape index (κ1) is 14.1. The zero-order chi connectivity index (χ0) is 14.0. The largest absolute Gasteiger partial charge is 0.495 e. The standard InChI is InChI=1S/C12H18N2O4S/c1-8-11(5-6-18-8)14-19(15,16)9-3-4-10(13)12(7-9)17-2/h3-4,7-8,11,14H,5-6,13H2,1-2H3. The van der Waals surface area contributed by atoms with Crippen molar-refractivity contribution in [2.45, 2.75) is 30.4 Å². The number of anilines is 1. The van der Waals surface area contributed by atoms with Crippen molar-refractivity contribution in [1.29, 1.82) is 0 Å². The van der Waals surface area contributed by atoms with Crippen LogP contribution in [0.1, 0.15) is 13.3 Å². The molecule has 2 rings (SSSR count). The van der Waals surface area contributed by atoms with Crippen molar-refractivity contribution in [3.05, 3.63) is 18.2 Å². The summed E-state index contributed by atoms with van der Waals surface area (Å²) in [6, 6.07) is 4.19. The molecule has 1 aliphatic heterocycles. The Morgan fingerprint density at radius 2 is 2.21 bits per heavy atom. The van der Waals surface area contributed by atoms with E-state index in [1.807, 2.05) is 6.92 Å². The molecule has 1 aromatic carbocycles. The summed E-state index contributed by atoms with van der Waals surface area (Å²) in [5, 5.41) is 0. The molecule has 0 spiro atoms. The van der Waals surface area contributed by atoms with E-state index in [1.54, 1.807) is 0 Å². The molecule has 1 aliphatic rings. The van der Waals surface area contributed by atoms with Gasteiger partial charge in [0.2, 0.25) is 10.0 Å². The number of rotatable bonds is 4. The Morgan fingerprint density at radius 1 is 1.47 bits per heavy atom. The Balaban J connectivity index is 2.24. The minimum Gasteiger partial charge on any atom is -0.495 e. The summed E-state index contributed by atoms with van der Waals surface area (Å²) in [6.07, 6.45) is 0.553. The van der Waals surface area contributed by atoms with Crippen molar-refractivity contribution in [2.24, 2.45) is 0 Å². The predicted octanol–water partition coefficient (Wildman–Crippen LogP) is 0.733. The molecule has 1 fully saturated rings. The third-order valence-corrected chi connectivity index (χ3v) is 4.69. The van der Waals surface area contributed by atoms with Gasteiger partial charge in [-0.2, -0.15) is 0 Å². The van der Waals surface area contributed by atoms with Crippen LogP contribution >= 0.6 is 0 Å².